The van der Waals surface area contributed by atoms with Gasteiger partial charge in [0.05, 0.1) is 51.9 Å². The molecule has 2 saturated carbocycles. The molecule has 1 unspecified atom stereocenters. The number of nitrogens with zero attached hydrogens (tertiary/aromatic N) is 6. The highest BCUT2D eigenvalue weighted by Crippen LogP contribution is 2.46. The number of carbonyl (C=O) groups is 4. The Balaban J connectivity index is 0.954. The fourth-order valence-corrected chi connectivity index (χ4v) is 6.97. The maximum absolute atomic E-state index is 14.7. The molecular formula is C33H33FN8O4. The van der Waals surface area contributed by atoms with E-state index in [4.69, 9.17) is 5.10 Å². The summed E-state index contributed by atoms with van der Waals surface area (Å²) in [7, 11) is 0. The van der Waals surface area contributed by atoms with Crippen LogP contribution in [-0.4, -0.2) is 65.7 Å². The minimum Gasteiger partial charge on any atom is -0.385 e. The molecule has 1 saturated heterocycles. The van der Waals surface area contributed by atoms with Gasteiger partial charge in [0.25, 0.3) is 11.8 Å². The summed E-state index contributed by atoms with van der Waals surface area (Å²) in [4.78, 5) is 55.6. The van der Waals surface area contributed by atoms with Gasteiger partial charge in [0, 0.05) is 42.4 Å². The molecule has 4 amide bonds. The molecule has 12 nitrogen and oxygen atoms in total. The van der Waals surface area contributed by atoms with E-state index in [0.29, 0.717) is 35.0 Å². The first-order valence-corrected chi connectivity index (χ1v) is 15.9. The topological polar surface area (TPSA) is 144 Å². The molecular weight excluding hydrogens is 591 g/mol. The van der Waals surface area contributed by atoms with Crippen molar-refractivity contribution in [1.82, 2.24) is 34.8 Å². The van der Waals surface area contributed by atoms with Crippen molar-refractivity contribution >= 4 is 40.2 Å². The van der Waals surface area contributed by atoms with Crippen molar-refractivity contribution in [3.05, 3.63) is 59.4 Å². The molecule has 4 aromatic rings. The molecule has 0 bridgehead atoms. The van der Waals surface area contributed by atoms with Crippen LogP contribution >= 0.6 is 0 Å². The summed E-state index contributed by atoms with van der Waals surface area (Å²) in [5, 5.41) is 15.6. The molecule has 0 radical (unpaired) electrons. The minimum absolute atomic E-state index is 0.0488. The summed E-state index contributed by atoms with van der Waals surface area (Å²) in [5.74, 6) is -1.69. The monoisotopic (exact) mass is 624 g/mol. The van der Waals surface area contributed by atoms with E-state index in [-0.39, 0.29) is 41.9 Å². The van der Waals surface area contributed by atoms with Crippen LogP contribution in [0.1, 0.15) is 96.8 Å². The molecule has 1 aromatic carbocycles. The molecule has 236 valence electrons. The Hall–Kier alpha value is -4.94. The van der Waals surface area contributed by atoms with Crippen molar-refractivity contribution in [2.24, 2.45) is 5.92 Å². The number of halogens is 1. The van der Waals surface area contributed by atoms with Crippen molar-refractivity contribution in [2.45, 2.75) is 76.4 Å². The van der Waals surface area contributed by atoms with Crippen LogP contribution in [0.2, 0.25) is 0 Å². The molecule has 8 rings (SSSR count). The van der Waals surface area contributed by atoms with Crippen LogP contribution in [0.3, 0.4) is 0 Å². The van der Waals surface area contributed by atoms with E-state index in [1.165, 1.54) is 6.20 Å². The lowest BCUT2D eigenvalue weighted by molar-refractivity contribution is -0.136. The van der Waals surface area contributed by atoms with Gasteiger partial charge in [-0.25, -0.2) is 4.39 Å². The summed E-state index contributed by atoms with van der Waals surface area (Å²) in [6.45, 7) is 4.72. The average Bonchev–Trinajstić information content (AvgIpc) is 3.50. The first kappa shape index (κ1) is 28.5. The Labute approximate surface area is 263 Å². The lowest BCUT2D eigenvalue weighted by Crippen LogP contribution is -2.54. The summed E-state index contributed by atoms with van der Waals surface area (Å²) in [5.41, 5.74) is 4.61. The number of pyridine rings is 1. The second-order valence-corrected chi connectivity index (χ2v) is 13.2. The van der Waals surface area contributed by atoms with Crippen LogP contribution in [0.5, 0.6) is 0 Å². The predicted molar refractivity (Wildman–Crippen MR) is 164 cm³/mol. The number of aromatic nitrogens is 5. The predicted octanol–water partition coefficient (Wildman–Crippen LogP) is 4.36. The summed E-state index contributed by atoms with van der Waals surface area (Å²) in [6, 6.07) is 4.34. The van der Waals surface area contributed by atoms with E-state index >= 15 is 0 Å². The van der Waals surface area contributed by atoms with Crippen molar-refractivity contribution in [1.29, 1.82) is 0 Å². The van der Waals surface area contributed by atoms with E-state index in [9.17, 15) is 23.6 Å². The highest BCUT2D eigenvalue weighted by atomic mass is 19.1. The number of piperidine rings is 1. The van der Waals surface area contributed by atoms with Crippen LogP contribution in [0.4, 0.5) is 10.1 Å². The number of hydrogen-bond acceptors (Lipinski definition) is 8. The third-order valence-electron chi connectivity index (χ3n) is 9.67. The number of imide groups is 2. The van der Waals surface area contributed by atoms with Gasteiger partial charge in [0.15, 0.2) is 5.82 Å². The third kappa shape index (κ3) is 4.59. The van der Waals surface area contributed by atoms with E-state index in [1.807, 2.05) is 18.5 Å². The Bertz CT molecular complexity index is 1950. The Kier molecular flexibility index (Phi) is 6.55. The van der Waals surface area contributed by atoms with Crippen LogP contribution in [-0.2, 0) is 9.59 Å². The van der Waals surface area contributed by atoms with Gasteiger partial charge in [0.2, 0.25) is 11.8 Å². The molecule has 46 heavy (non-hydrogen) atoms. The van der Waals surface area contributed by atoms with E-state index in [2.05, 4.69) is 31.6 Å². The molecule has 2 aliphatic heterocycles. The summed E-state index contributed by atoms with van der Waals surface area (Å²) in [6.07, 6.45) is 9.11. The molecule has 5 heterocycles. The van der Waals surface area contributed by atoms with Crippen molar-refractivity contribution in [3.63, 3.8) is 0 Å². The summed E-state index contributed by atoms with van der Waals surface area (Å²) < 4.78 is 18.6. The van der Waals surface area contributed by atoms with Crippen LogP contribution < -0.4 is 10.6 Å². The molecule has 13 heteroatoms. The Morgan fingerprint density at radius 3 is 2.54 bits per heavy atom. The second kappa shape index (κ2) is 10.6. The number of amides is 4. The number of hydrogen-bond donors (Lipinski definition) is 2. The molecule has 2 aliphatic carbocycles. The third-order valence-corrected chi connectivity index (χ3v) is 9.67. The zero-order valence-electron chi connectivity index (χ0n) is 25.5. The van der Waals surface area contributed by atoms with Gasteiger partial charge in [-0.3, -0.25) is 43.7 Å². The molecule has 3 fully saturated rings. The smallest absolute Gasteiger partial charge is 0.262 e. The van der Waals surface area contributed by atoms with Gasteiger partial charge < -0.3 is 5.32 Å². The van der Waals surface area contributed by atoms with Gasteiger partial charge in [-0.2, -0.15) is 10.2 Å². The zero-order chi connectivity index (χ0) is 31.9. The maximum Gasteiger partial charge on any atom is 0.262 e. The van der Waals surface area contributed by atoms with Gasteiger partial charge in [-0.1, -0.05) is 0 Å². The first-order valence-electron chi connectivity index (χ1n) is 15.9. The number of anilines is 1. The molecule has 4 aliphatic rings. The maximum atomic E-state index is 14.7. The van der Waals surface area contributed by atoms with Crippen LogP contribution in [0, 0.1) is 11.7 Å². The molecule has 1 atom stereocenters. The molecule has 2 N–H and O–H groups in total. The lowest BCUT2D eigenvalue weighted by Gasteiger charge is -2.35. The number of carbonyl (C=O) groups excluding carboxylic acids is 4. The average molecular weight is 625 g/mol. The van der Waals surface area contributed by atoms with Gasteiger partial charge in [-0.15, -0.1) is 0 Å². The highest BCUT2D eigenvalue weighted by molar-refractivity contribution is 6.23. The Morgan fingerprint density at radius 2 is 1.80 bits per heavy atom. The van der Waals surface area contributed by atoms with E-state index < -0.39 is 29.7 Å². The van der Waals surface area contributed by atoms with Gasteiger partial charge in [0.1, 0.15) is 6.04 Å². The molecule has 3 aromatic heterocycles. The Morgan fingerprint density at radius 1 is 1.02 bits per heavy atom. The van der Waals surface area contributed by atoms with Gasteiger partial charge in [-0.05, 0) is 70.1 Å². The van der Waals surface area contributed by atoms with E-state index in [1.54, 1.807) is 24.4 Å². The van der Waals surface area contributed by atoms with Crippen LogP contribution in [0.15, 0.2) is 36.8 Å². The highest BCUT2D eigenvalue weighted by Gasteiger charge is 2.45. The molecule has 0 spiro atoms. The minimum atomic E-state index is -0.987. The SMILES string of the molecule is CC(C)n1ncc2c(F)cnc(-c3cn([C@H]4C[C@H](CNc5ccc6c(c5)C(=O)N(C5CCC(=O)NC5=O)C6=O)C4)nc3C3CC3)c21. The first-order chi connectivity index (χ1) is 22.2. The summed E-state index contributed by atoms with van der Waals surface area (Å²) >= 11 is 0. The largest absolute Gasteiger partial charge is 0.385 e. The fourth-order valence-electron chi connectivity index (χ4n) is 6.97. The quantitative estimate of drug-likeness (QED) is 0.275. The van der Waals surface area contributed by atoms with Gasteiger partial charge >= 0.3 is 0 Å². The number of fused-ring (bicyclic) bond motifs is 2. The van der Waals surface area contributed by atoms with Crippen molar-refractivity contribution in [3.8, 4) is 11.3 Å². The second-order valence-electron chi connectivity index (χ2n) is 13.2. The number of rotatable bonds is 8. The zero-order valence-corrected chi connectivity index (χ0v) is 25.5. The number of benzene rings is 1. The van der Waals surface area contributed by atoms with E-state index in [0.717, 1.165) is 47.5 Å². The number of nitrogens with one attached hydrogen (secondary N) is 2. The van der Waals surface area contributed by atoms with Crippen molar-refractivity contribution < 1.29 is 23.6 Å². The lowest BCUT2D eigenvalue weighted by atomic mass is 9.80. The fraction of sp³-hybridized carbons (Fsp3) is 0.424. The van der Waals surface area contributed by atoms with Crippen LogP contribution in [0.25, 0.3) is 22.2 Å². The van der Waals surface area contributed by atoms with Crippen molar-refractivity contribution in [2.75, 3.05) is 11.9 Å². The standard InChI is InChI=1S/C33H33FN8O4/c1-16(2)42-30-23(13-37-42)25(34)14-36-29(30)24-15-40(39-28(24)18-3-4-18)20-9-17(10-20)12-35-19-5-6-21-22(11-19)33(46)41(32(21)45)26-7-8-27(43)38-31(26)44/h5-6,11,13-18,20,26,35H,3-4,7-10,12H2,1-2H3,(H,38,43,44)/t17-,20-,26?. The normalized spacial score (nSPS) is 22.9.